The minimum atomic E-state index is 1.19. The number of nitrogens with zero attached hydrogens (tertiary/aromatic N) is 1. The fourth-order valence-corrected chi connectivity index (χ4v) is 2.94. The Kier molecular flexibility index (Phi) is 12.3. The molecule has 0 saturated carbocycles. The zero-order valence-corrected chi connectivity index (χ0v) is 14.2. The fraction of sp³-hybridized carbons (Fsp3) is 0.842. The van der Waals surface area contributed by atoms with Crippen LogP contribution in [-0.2, 0) is 6.42 Å². The Balaban J connectivity index is 1.69. The van der Waals surface area contributed by atoms with Gasteiger partial charge in [0, 0.05) is 6.20 Å². The summed E-state index contributed by atoms with van der Waals surface area (Å²) in [5, 5.41) is 6.86. The first-order valence-corrected chi connectivity index (χ1v) is 9.41. The SMILES string of the molecule is CCCCCCCCCCCCCCCCc1cn[nH]c1. The maximum Gasteiger partial charge on any atom is 0.0519 e. The Labute approximate surface area is 132 Å². The molecule has 0 aliphatic rings. The summed E-state index contributed by atoms with van der Waals surface area (Å²) in [5.74, 6) is 0. The Hall–Kier alpha value is -0.790. The molecule has 0 aromatic carbocycles. The smallest absolute Gasteiger partial charge is 0.0519 e. The molecule has 0 aliphatic heterocycles. The van der Waals surface area contributed by atoms with Crippen LogP contribution in [0.15, 0.2) is 12.4 Å². The Morgan fingerprint density at radius 2 is 1.19 bits per heavy atom. The molecule has 0 saturated heterocycles. The molecular weight excluding hydrogens is 256 g/mol. The molecule has 1 N–H and O–H groups in total. The van der Waals surface area contributed by atoms with Crippen LogP contribution in [0.4, 0.5) is 0 Å². The number of hydrogen-bond donors (Lipinski definition) is 1. The monoisotopic (exact) mass is 292 g/mol. The summed E-state index contributed by atoms with van der Waals surface area (Å²) in [7, 11) is 0. The third kappa shape index (κ3) is 11.5. The van der Waals surface area contributed by atoms with E-state index in [9.17, 15) is 0 Å². The summed E-state index contributed by atoms with van der Waals surface area (Å²) in [6.07, 6.45) is 25.2. The highest BCUT2D eigenvalue weighted by Gasteiger charge is 1.96. The number of aryl methyl sites for hydroxylation is 1. The largest absolute Gasteiger partial charge is 0.285 e. The summed E-state index contributed by atoms with van der Waals surface area (Å²) >= 11 is 0. The van der Waals surface area contributed by atoms with Crippen LogP contribution >= 0.6 is 0 Å². The van der Waals surface area contributed by atoms with E-state index in [1.807, 2.05) is 12.4 Å². The second-order valence-corrected chi connectivity index (χ2v) is 6.45. The molecule has 122 valence electrons. The lowest BCUT2D eigenvalue weighted by Crippen LogP contribution is -1.85. The molecule has 0 amide bonds. The predicted molar refractivity (Wildman–Crippen MR) is 92.6 cm³/mol. The van der Waals surface area contributed by atoms with Crippen LogP contribution < -0.4 is 0 Å². The second-order valence-electron chi connectivity index (χ2n) is 6.45. The third-order valence-electron chi connectivity index (χ3n) is 4.37. The zero-order valence-electron chi connectivity index (χ0n) is 14.2. The van der Waals surface area contributed by atoms with E-state index in [0.29, 0.717) is 0 Å². The average molecular weight is 293 g/mol. The number of rotatable bonds is 15. The molecule has 0 fully saturated rings. The average Bonchev–Trinajstić information content (AvgIpc) is 3.01. The molecule has 2 heteroatoms. The van der Waals surface area contributed by atoms with Crippen molar-refractivity contribution in [2.45, 2.75) is 103 Å². The van der Waals surface area contributed by atoms with Crippen LogP contribution in [0.2, 0.25) is 0 Å². The first-order valence-electron chi connectivity index (χ1n) is 9.41. The van der Waals surface area contributed by atoms with Gasteiger partial charge in [-0.05, 0) is 18.4 Å². The van der Waals surface area contributed by atoms with Gasteiger partial charge < -0.3 is 0 Å². The van der Waals surface area contributed by atoms with Crippen LogP contribution in [0.25, 0.3) is 0 Å². The van der Waals surface area contributed by atoms with Crippen molar-refractivity contribution in [1.82, 2.24) is 10.2 Å². The van der Waals surface area contributed by atoms with Gasteiger partial charge in [-0.25, -0.2) is 0 Å². The van der Waals surface area contributed by atoms with E-state index in [-0.39, 0.29) is 0 Å². The Morgan fingerprint density at radius 3 is 1.62 bits per heavy atom. The standard InChI is InChI=1S/C19H36N2/c1-2-3-4-5-6-7-8-9-10-11-12-13-14-15-16-19-17-20-21-18-19/h17-18H,2-16H2,1H3,(H,20,21). The molecule has 21 heavy (non-hydrogen) atoms. The van der Waals surface area contributed by atoms with Gasteiger partial charge in [0.25, 0.3) is 0 Å². The van der Waals surface area contributed by atoms with Gasteiger partial charge in [0.05, 0.1) is 6.20 Å². The third-order valence-corrected chi connectivity index (χ3v) is 4.37. The number of aromatic nitrogens is 2. The van der Waals surface area contributed by atoms with E-state index < -0.39 is 0 Å². The van der Waals surface area contributed by atoms with Gasteiger partial charge in [0.1, 0.15) is 0 Å². The number of aromatic amines is 1. The minimum Gasteiger partial charge on any atom is -0.285 e. The first kappa shape index (κ1) is 18.3. The summed E-state index contributed by atoms with van der Waals surface area (Å²) in [4.78, 5) is 0. The number of nitrogens with one attached hydrogen (secondary N) is 1. The predicted octanol–water partition coefficient (Wildman–Crippen LogP) is 6.43. The van der Waals surface area contributed by atoms with Crippen molar-refractivity contribution in [3.63, 3.8) is 0 Å². The number of H-pyrrole nitrogens is 1. The minimum absolute atomic E-state index is 1.19. The number of hydrogen-bond acceptors (Lipinski definition) is 1. The Bertz CT molecular complexity index is 293. The molecule has 0 radical (unpaired) electrons. The van der Waals surface area contributed by atoms with E-state index in [0.717, 1.165) is 0 Å². The molecule has 1 aromatic rings. The lowest BCUT2D eigenvalue weighted by atomic mass is 10.0. The molecule has 0 bridgehead atoms. The summed E-state index contributed by atoms with van der Waals surface area (Å²) in [6, 6.07) is 0. The zero-order chi connectivity index (χ0) is 15.0. The summed E-state index contributed by atoms with van der Waals surface area (Å²) in [6.45, 7) is 2.29. The molecule has 0 atom stereocenters. The van der Waals surface area contributed by atoms with E-state index in [2.05, 4.69) is 17.1 Å². The van der Waals surface area contributed by atoms with E-state index in [1.165, 1.54) is 102 Å². The van der Waals surface area contributed by atoms with Crippen molar-refractivity contribution in [3.05, 3.63) is 18.0 Å². The molecule has 1 aromatic heterocycles. The Morgan fingerprint density at radius 1 is 0.714 bits per heavy atom. The van der Waals surface area contributed by atoms with Crippen molar-refractivity contribution in [2.24, 2.45) is 0 Å². The molecule has 1 heterocycles. The van der Waals surface area contributed by atoms with E-state index in [1.54, 1.807) is 0 Å². The molecule has 1 rings (SSSR count). The molecular formula is C19H36N2. The van der Waals surface area contributed by atoms with Gasteiger partial charge in [0.2, 0.25) is 0 Å². The molecule has 2 nitrogen and oxygen atoms in total. The normalized spacial score (nSPS) is 11.1. The molecule has 0 aliphatic carbocycles. The molecule has 0 unspecified atom stereocenters. The van der Waals surface area contributed by atoms with Crippen LogP contribution in [-0.4, -0.2) is 10.2 Å². The van der Waals surface area contributed by atoms with E-state index in [4.69, 9.17) is 0 Å². The molecule has 0 spiro atoms. The van der Waals surface area contributed by atoms with Crippen LogP contribution in [0, 0.1) is 0 Å². The fourth-order valence-electron chi connectivity index (χ4n) is 2.94. The number of unbranched alkanes of at least 4 members (excludes halogenated alkanes) is 13. The van der Waals surface area contributed by atoms with Gasteiger partial charge >= 0.3 is 0 Å². The van der Waals surface area contributed by atoms with Gasteiger partial charge in [0.15, 0.2) is 0 Å². The van der Waals surface area contributed by atoms with Gasteiger partial charge in [-0.15, -0.1) is 0 Å². The lowest BCUT2D eigenvalue weighted by molar-refractivity contribution is 0.535. The van der Waals surface area contributed by atoms with Gasteiger partial charge in [-0.3, -0.25) is 5.10 Å². The second kappa shape index (κ2) is 14.2. The quantitative estimate of drug-likeness (QED) is 0.370. The highest BCUT2D eigenvalue weighted by molar-refractivity contribution is 5.01. The van der Waals surface area contributed by atoms with Crippen molar-refractivity contribution in [3.8, 4) is 0 Å². The van der Waals surface area contributed by atoms with Crippen LogP contribution in [0.5, 0.6) is 0 Å². The van der Waals surface area contributed by atoms with Gasteiger partial charge in [-0.1, -0.05) is 90.4 Å². The van der Waals surface area contributed by atoms with Crippen LogP contribution in [0.3, 0.4) is 0 Å². The van der Waals surface area contributed by atoms with Gasteiger partial charge in [-0.2, -0.15) is 5.10 Å². The van der Waals surface area contributed by atoms with Crippen molar-refractivity contribution in [1.29, 1.82) is 0 Å². The van der Waals surface area contributed by atoms with Crippen molar-refractivity contribution < 1.29 is 0 Å². The maximum absolute atomic E-state index is 3.98. The van der Waals surface area contributed by atoms with E-state index >= 15 is 0 Å². The maximum atomic E-state index is 3.98. The summed E-state index contributed by atoms with van der Waals surface area (Å²) < 4.78 is 0. The van der Waals surface area contributed by atoms with Crippen LogP contribution in [0.1, 0.15) is 102 Å². The topological polar surface area (TPSA) is 28.7 Å². The van der Waals surface area contributed by atoms with Crippen molar-refractivity contribution in [2.75, 3.05) is 0 Å². The highest BCUT2D eigenvalue weighted by atomic mass is 15.1. The first-order chi connectivity index (χ1) is 10.4. The van der Waals surface area contributed by atoms with Crippen molar-refractivity contribution >= 4 is 0 Å². The summed E-state index contributed by atoms with van der Waals surface area (Å²) in [5.41, 5.74) is 1.36. The lowest BCUT2D eigenvalue weighted by Gasteiger charge is -2.03. The highest BCUT2D eigenvalue weighted by Crippen LogP contribution is 2.13.